The monoisotopic (exact) mass is 219 g/mol. The Bertz CT molecular complexity index is 330. The van der Waals surface area contributed by atoms with Gasteiger partial charge in [0.15, 0.2) is 0 Å². The number of likely N-dealkylation sites (N-methyl/N-ethyl adjacent to an activating group) is 1. The molecule has 1 aliphatic rings. The summed E-state index contributed by atoms with van der Waals surface area (Å²) in [7, 11) is 2.19. The number of piperazine rings is 1. The predicted molar refractivity (Wildman–Crippen MR) is 66.4 cm³/mol. The lowest BCUT2D eigenvalue weighted by molar-refractivity contribution is 0.148. The maximum atomic E-state index is 4.34. The maximum Gasteiger partial charge on any atom is 0.0404 e. The summed E-state index contributed by atoms with van der Waals surface area (Å²) in [6.07, 6.45) is 2.96. The van der Waals surface area contributed by atoms with E-state index in [1.54, 1.807) is 0 Å². The zero-order valence-electron chi connectivity index (χ0n) is 10.3. The maximum absolute atomic E-state index is 4.34. The van der Waals surface area contributed by atoms with Gasteiger partial charge in [-0.15, -0.1) is 0 Å². The van der Waals surface area contributed by atoms with Crippen LogP contribution in [0.4, 0.5) is 0 Å². The lowest BCUT2D eigenvalue weighted by Crippen LogP contribution is -2.43. The van der Waals surface area contributed by atoms with Gasteiger partial charge in [0.2, 0.25) is 0 Å². The molecule has 0 aromatic carbocycles. The number of pyridine rings is 1. The van der Waals surface area contributed by atoms with Crippen molar-refractivity contribution >= 4 is 0 Å². The molecule has 1 aromatic rings. The van der Waals surface area contributed by atoms with E-state index in [4.69, 9.17) is 0 Å². The lowest BCUT2D eigenvalue weighted by Gasteiger charge is -2.32. The molecule has 1 saturated heterocycles. The van der Waals surface area contributed by atoms with Gasteiger partial charge in [0.25, 0.3) is 0 Å². The van der Waals surface area contributed by atoms with Crippen molar-refractivity contribution in [3.8, 4) is 0 Å². The molecular formula is C13H21N3. The van der Waals surface area contributed by atoms with Crippen LogP contribution in [-0.2, 0) is 13.0 Å². The first-order valence-electron chi connectivity index (χ1n) is 6.12. The fourth-order valence-corrected chi connectivity index (χ4v) is 2.08. The van der Waals surface area contributed by atoms with E-state index in [9.17, 15) is 0 Å². The Morgan fingerprint density at radius 3 is 2.69 bits per heavy atom. The highest BCUT2D eigenvalue weighted by atomic mass is 15.2. The summed E-state index contributed by atoms with van der Waals surface area (Å²) < 4.78 is 0. The van der Waals surface area contributed by atoms with Gasteiger partial charge in [-0.25, -0.2) is 0 Å². The highest BCUT2D eigenvalue weighted by Crippen LogP contribution is 2.08. The van der Waals surface area contributed by atoms with Crippen LogP contribution in [0, 0.1) is 0 Å². The molecule has 2 heterocycles. The molecule has 1 aliphatic heterocycles. The van der Waals surface area contributed by atoms with Crippen LogP contribution in [0.1, 0.15) is 18.2 Å². The molecule has 0 radical (unpaired) electrons. The Morgan fingerprint density at radius 2 is 2.00 bits per heavy atom. The molecule has 0 aliphatic carbocycles. The van der Waals surface area contributed by atoms with Gasteiger partial charge in [0.05, 0.1) is 0 Å². The molecule has 2 rings (SSSR count). The SMILES string of the molecule is CCc1cc(CN2CCN(C)CC2)ccn1. The van der Waals surface area contributed by atoms with Crippen molar-refractivity contribution in [1.82, 2.24) is 14.8 Å². The van der Waals surface area contributed by atoms with Gasteiger partial charge in [0, 0.05) is 44.6 Å². The second-order valence-corrected chi connectivity index (χ2v) is 4.59. The van der Waals surface area contributed by atoms with E-state index in [1.165, 1.54) is 37.4 Å². The van der Waals surface area contributed by atoms with Gasteiger partial charge in [0.1, 0.15) is 0 Å². The zero-order valence-corrected chi connectivity index (χ0v) is 10.3. The Balaban J connectivity index is 1.93. The normalized spacial score (nSPS) is 18.9. The molecule has 0 unspecified atom stereocenters. The molecule has 0 saturated carbocycles. The van der Waals surface area contributed by atoms with Gasteiger partial charge < -0.3 is 4.90 Å². The van der Waals surface area contributed by atoms with Crippen LogP contribution in [0.15, 0.2) is 18.3 Å². The first-order chi connectivity index (χ1) is 7.78. The first kappa shape index (κ1) is 11.6. The summed E-state index contributed by atoms with van der Waals surface area (Å²) in [5.74, 6) is 0. The Labute approximate surface area is 98.1 Å². The molecule has 0 spiro atoms. The molecule has 88 valence electrons. The van der Waals surface area contributed by atoms with Crippen LogP contribution in [0.5, 0.6) is 0 Å². The van der Waals surface area contributed by atoms with Crippen molar-refractivity contribution in [2.75, 3.05) is 33.2 Å². The van der Waals surface area contributed by atoms with Crippen molar-refractivity contribution in [3.63, 3.8) is 0 Å². The van der Waals surface area contributed by atoms with Gasteiger partial charge in [-0.2, -0.15) is 0 Å². The predicted octanol–water partition coefficient (Wildman–Crippen LogP) is 1.39. The van der Waals surface area contributed by atoms with E-state index in [0.29, 0.717) is 0 Å². The average molecular weight is 219 g/mol. The van der Waals surface area contributed by atoms with Gasteiger partial charge in [-0.05, 0) is 31.2 Å². The number of nitrogens with zero attached hydrogens (tertiary/aromatic N) is 3. The van der Waals surface area contributed by atoms with E-state index in [-0.39, 0.29) is 0 Å². The molecule has 3 nitrogen and oxygen atoms in total. The Morgan fingerprint density at radius 1 is 1.25 bits per heavy atom. The third-order valence-electron chi connectivity index (χ3n) is 3.25. The van der Waals surface area contributed by atoms with Crippen LogP contribution in [0.3, 0.4) is 0 Å². The number of hydrogen-bond acceptors (Lipinski definition) is 3. The number of hydrogen-bond donors (Lipinski definition) is 0. The molecular weight excluding hydrogens is 198 g/mol. The largest absolute Gasteiger partial charge is 0.304 e. The zero-order chi connectivity index (χ0) is 11.4. The third kappa shape index (κ3) is 3.03. The topological polar surface area (TPSA) is 19.4 Å². The van der Waals surface area contributed by atoms with Crippen molar-refractivity contribution in [3.05, 3.63) is 29.6 Å². The van der Waals surface area contributed by atoms with Crippen LogP contribution < -0.4 is 0 Å². The third-order valence-corrected chi connectivity index (χ3v) is 3.25. The molecule has 3 heteroatoms. The second-order valence-electron chi connectivity index (χ2n) is 4.59. The van der Waals surface area contributed by atoms with Gasteiger partial charge in [-0.1, -0.05) is 6.92 Å². The minimum Gasteiger partial charge on any atom is -0.304 e. The first-order valence-corrected chi connectivity index (χ1v) is 6.12. The Hall–Kier alpha value is -0.930. The van der Waals surface area contributed by atoms with Crippen molar-refractivity contribution in [2.24, 2.45) is 0 Å². The fourth-order valence-electron chi connectivity index (χ4n) is 2.08. The Kier molecular flexibility index (Phi) is 3.91. The summed E-state index contributed by atoms with van der Waals surface area (Å²) in [6.45, 7) is 7.96. The standard InChI is InChI=1S/C13H21N3/c1-3-13-10-12(4-5-14-13)11-16-8-6-15(2)7-9-16/h4-5,10H,3,6-9,11H2,1-2H3. The molecule has 0 N–H and O–H groups in total. The minimum absolute atomic E-state index is 1.02. The summed E-state index contributed by atoms with van der Waals surface area (Å²) >= 11 is 0. The molecule has 0 atom stereocenters. The number of rotatable bonds is 3. The number of aryl methyl sites for hydroxylation is 1. The summed E-state index contributed by atoms with van der Waals surface area (Å²) in [5, 5.41) is 0. The molecule has 0 bridgehead atoms. The molecule has 1 fully saturated rings. The van der Waals surface area contributed by atoms with Crippen LogP contribution in [0.2, 0.25) is 0 Å². The van der Waals surface area contributed by atoms with Gasteiger partial charge in [-0.3, -0.25) is 9.88 Å². The lowest BCUT2D eigenvalue weighted by atomic mass is 10.2. The highest BCUT2D eigenvalue weighted by molar-refractivity contribution is 5.16. The fraction of sp³-hybridized carbons (Fsp3) is 0.615. The summed E-state index contributed by atoms with van der Waals surface area (Å²) in [5.41, 5.74) is 2.60. The smallest absolute Gasteiger partial charge is 0.0404 e. The van der Waals surface area contributed by atoms with Gasteiger partial charge >= 0.3 is 0 Å². The second kappa shape index (κ2) is 5.41. The quantitative estimate of drug-likeness (QED) is 0.766. The van der Waals surface area contributed by atoms with E-state index in [0.717, 1.165) is 13.0 Å². The van der Waals surface area contributed by atoms with E-state index < -0.39 is 0 Å². The summed E-state index contributed by atoms with van der Waals surface area (Å²) in [4.78, 5) is 9.25. The van der Waals surface area contributed by atoms with E-state index >= 15 is 0 Å². The van der Waals surface area contributed by atoms with E-state index in [1.807, 2.05) is 6.20 Å². The van der Waals surface area contributed by atoms with Crippen molar-refractivity contribution < 1.29 is 0 Å². The molecule has 1 aromatic heterocycles. The van der Waals surface area contributed by atoms with Crippen molar-refractivity contribution in [1.29, 1.82) is 0 Å². The van der Waals surface area contributed by atoms with Crippen LogP contribution in [-0.4, -0.2) is 48.0 Å². The van der Waals surface area contributed by atoms with Crippen LogP contribution >= 0.6 is 0 Å². The van der Waals surface area contributed by atoms with Crippen molar-refractivity contribution in [2.45, 2.75) is 19.9 Å². The highest BCUT2D eigenvalue weighted by Gasteiger charge is 2.13. The van der Waals surface area contributed by atoms with E-state index in [2.05, 4.69) is 40.9 Å². The molecule has 0 amide bonds. The average Bonchev–Trinajstić information content (AvgIpc) is 2.32. The number of aromatic nitrogens is 1. The molecule has 16 heavy (non-hydrogen) atoms. The summed E-state index contributed by atoms with van der Waals surface area (Å²) in [6, 6.07) is 4.37. The minimum atomic E-state index is 1.02. The van der Waals surface area contributed by atoms with Crippen LogP contribution in [0.25, 0.3) is 0 Å².